The van der Waals surface area contributed by atoms with Gasteiger partial charge in [0.25, 0.3) is 5.91 Å². The van der Waals surface area contributed by atoms with E-state index >= 15 is 0 Å². The fraction of sp³-hybridized carbons (Fsp3) is 0. The fourth-order valence-corrected chi connectivity index (χ4v) is 2.84. The maximum absolute atomic E-state index is 11.9. The first-order valence-corrected chi connectivity index (χ1v) is 8.21. The highest BCUT2D eigenvalue weighted by Gasteiger charge is 2.05. The molecule has 2 N–H and O–H groups in total. The molecule has 0 bridgehead atoms. The maximum Gasteiger partial charge on any atom is 0.271 e. The number of carbonyl (C=O) groups is 1. The van der Waals surface area contributed by atoms with Crippen LogP contribution >= 0.6 is 22.9 Å². The van der Waals surface area contributed by atoms with E-state index in [-0.39, 0.29) is 5.75 Å². The molecule has 1 heterocycles. The van der Waals surface area contributed by atoms with Crippen molar-refractivity contribution in [1.82, 2.24) is 10.4 Å². The van der Waals surface area contributed by atoms with Crippen LogP contribution in [0.5, 0.6) is 5.75 Å². The highest BCUT2D eigenvalue weighted by molar-refractivity contribution is 7.13. The number of nitrogens with zero attached hydrogens (tertiary/aromatic N) is 2. The number of aromatic nitrogens is 1. The number of rotatable bonds is 4. The van der Waals surface area contributed by atoms with Crippen LogP contribution in [-0.4, -0.2) is 22.2 Å². The highest BCUT2D eigenvalue weighted by atomic mass is 35.5. The zero-order valence-electron chi connectivity index (χ0n) is 12.3. The van der Waals surface area contributed by atoms with Crippen LogP contribution in [0.15, 0.2) is 59.0 Å². The van der Waals surface area contributed by atoms with Crippen molar-refractivity contribution in [3.8, 4) is 16.3 Å². The minimum absolute atomic E-state index is 0.0266. The summed E-state index contributed by atoms with van der Waals surface area (Å²) in [5.74, 6) is -0.381. The molecule has 24 heavy (non-hydrogen) atoms. The maximum atomic E-state index is 11.9. The number of benzene rings is 2. The SMILES string of the molecule is O=C(N/N=C/c1csc(-c2ccc(Cl)cc2)n1)c1cccc(O)c1. The average Bonchev–Trinajstić information content (AvgIpc) is 3.04. The van der Waals surface area contributed by atoms with Gasteiger partial charge in [0.05, 0.1) is 11.9 Å². The molecule has 0 saturated heterocycles. The van der Waals surface area contributed by atoms with Gasteiger partial charge in [-0.1, -0.05) is 29.8 Å². The zero-order valence-corrected chi connectivity index (χ0v) is 13.9. The molecule has 0 saturated carbocycles. The third-order valence-electron chi connectivity index (χ3n) is 3.08. The smallest absolute Gasteiger partial charge is 0.271 e. The number of amides is 1. The number of carbonyl (C=O) groups excluding carboxylic acids is 1. The zero-order chi connectivity index (χ0) is 16.9. The topological polar surface area (TPSA) is 74.6 Å². The Hall–Kier alpha value is -2.70. The Morgan fingerprint density at radius 3 is 2.79 bits per heavy atom. The predicted molar refractivity (Wildman–Crippen MR) is 95.7 cm³/mol. The molecule has 0 atom stereocenters. The normalized spacial score (nSPS) is 10.9. The van der Waals surface area contributed by atoms with Gasteiger partial charge in [0.2, 0.25) is 0 Å². The van der Waals surface area contributed by atoms with Crippen LogP contribution in [0.3, 0.4) is 0 Å². The molecule has 3 aromatic rings. The van der Waals surface area contributed by atoms with E-state index < -0.39 is 5.91 Å². The Labute approximate surface area is 147 Å². The van der Waals surface area contributed by atoms with E-state index in [9.17, 15) is 9.90 Å². The van der Waals surface area contributed by atoms with Gasteiger partial charge >= 0.3 is 0 Å². The number of hydrogen-bond donors (Lipinski definition) is 2. The van der Waals surface area contributed by atoms with E-state index in [1.54, 1.807) is 12.1 Å². The van der Waals surface area contributed by atoms with Crippen LogP contribution in [0, 0.1) is 0 Å². The third kappa shape index (κ3) is 3.98. The van der Waals surface area contributed by atoms with Crippen molar-refractivity contribution >= 4 is 35.1 Å². The van der Waals surface area contributed by atoms with Crippen molar-refractivity contribution in [2.75, 3.05) is 0 Å². The lowest BCUT2D eigenvalue weighted by Gasteiger charge is -1.99. The summed E-state index contributed by atoms with van der Waals surface area (Å²) < 4.78 is 0. The number of aromatic hydroxyl groups is 1. The Kier molecular flexibility index (Phi) is 4.88. The lowest BCUT2D eigenvalue weighted by Crippen LogP contribution is -2.17. The molecular formula is C17H12ClN3O2S. The Morgan fingerprint density at radius 1 is 1.25 bits per heavy atom. The van der Waals surface area contributed by atoms with Crippen LogP contribution in [0.25, 0.3) is 10.6 Å². The van der Waals surface area contributed by atoms with Gasteiger partial charge in [0.1, 0.15) is 10.8 Å². The highest BCUT2D eigenvalue weighted by Crippen LogP contribution is 2.24. The second-order valence-corrected chi connectivity index (χ2v) is 6.13. The molecule has 2 aromatic carbocycles. The average molecular weight is 358 g/mol. The Bertz CT molecular complexity index is 891. The van der Waals surface area contributed by atoms with E-state index in [1.807, 2.05) is 29.6 Å². The van der Waals surface area contributed by atoms with Crippen LogP contribution in [0.1, 0.15) is 16.1 Å². The summed E-state index contributed by atoms with van der Waals surface area (Å²) in [5.41, 5.74) is 4.33. The molecule has 7 heteroatoms. The predicted octanol–water partition coefficient (Wildman–Crippen LogP) is 3.93. The van der Waals surface area contributed by atoms with Gasteiger partial charge in [-0.2, -0.15) is 5.10 Å². The molecule has 120 valence electrons. The lowest BCUT2D eigenvalue weighted by atomic mass is 10.2. The molecule has 0 unspecified atom stereocenters. The number of phenols is 1. The van der Waals surface area contributed by atoms with Crippen molar-refractivity contribution in [2.24, 2.45) is 5.10 Å². The van der Waals surface area contributed by atoms with E-state index in [4.69, 9.17) is 11.6 Å². The molecule has 5 nitrogen and oxygen atoms in total. The molecule has 0 aliphatic carbocycles. The van der Waals surface area contributed by atoms with Crippen molar-refractivity contribution in [1.29, 1.82) is 0 Å². The van der Waals surface area contributed by atoms with Gasteiger partial charge in [0, 0.05) is 21.5 Å². The van der Waals surface area contributed by atoms with Crippen molar-refractivity contribution < 1.29 is 9.90 Å². The first-order chi connectivity index (χ1) is 11.6. The lowest BCUT2D eigenvalue weighted by molar-refractivity contribution is 0.0954. The minimum atomic E-state index is -0.407. The summed E-state index contributed by atoms with van der Waals surface area (Å²) in [6.07, 6.45) is 1.47. The molecule has 0 aliphatic rings. The van der Waals surface area contributed by atoms with Crippen molar-refractivity contribution in [3.63, 3.8) is 0 Å². The molecule has 1 aromatic heterocycles. The number of halogens is 1. The van der Waals surface area contributed by atoms with E-state index in [0.717, 1.165) is 10.6 Å². The van der Waals surface area contributed by atoms with Crippen LogP contribution in [0.2, 0.25) is 5.02 Å². The van der Waals surface area contributed by atoms with Crippen molar-refractivity contribution in [2.45, 2.75) is 0 Å². The second kappa shape index (κ2) is 7.25. The largest absolute Gasteiger partial charge is 0.508 e. The van der Waals surface area contributed by atoms with Gasteiger partial charge in [0.15, 0.2) is 0 Å². The number of hydrogen-bond acceptors (Lipinski definition) is 5. The van der Waals surface area contributed by atoms with Crippen LogP contribution in [-0.2, 0) is 0 Å². The van der Waals surface area contributed by atoms with Crippen molar-refractivity contribution in [3.05, 3.63) is 70.2 Å². The molecule has 1 amide bonds. The van der Waals surface area contributed by atoms with Gasteiger partial charge in [-0.3, -0.25) is 4.79 Å². The second-order valence-electron chi connectivity index (χ2n) is 4.83. The number of nitrogens with one attached hydrogen (secondary N) is 1. The van der Waals surface area contributed by atoms with Gasteiger partial charge < -0.3 is 5.11 Å². The summed E-state index contributed by atoms with van der Waals surface area (Å²) in [5, 5.41) is 16.6. The molecular weight excluding hydrogens is 346 g/mol. The van der Waals surface area contributed by atoms with Gasteiger partial charge in [-0.15, -0.1) is 11.3 Å². The van der Waals surface area contributed by atoms with E-state index in [0.29, 0.717) is 16.3 Å². The summed E-state index contributed by atoms with van der Waals surface area (Å²) in [4.78, 5) is 16.3. The number of hydrazone groups is 1. The first-order valence-electron chi connectivity index (χ1n) is 6.96. The monoisotopic (exact) mass is 357 g/mol. The Morgan fingerprint density at radius 2 is 2.04 bits per heavy atom. The molecule has 3 rings (SSSR count). The van der Waals surface area contributed by atoms with E-state index in [2.05, 4.69) is 15.5 Å². The third-order valence-corrected chi connectivity index (χ3v) is 4.25. The van der Waals surface area contributed by atoms with Crippen LogP contribution in [0.4, 0.5) is 0 Å². The first kappa shape index (κ1) is 16.2. The number of phenolic OH excluding ortho intramolecular Hbond substituents is 1. The summed E-state index contributed by atoms with van der Waals surface area (Å²) in [7, 11) is 0. The molecule has 0 spiro atoms. The van der Waals surface area contributed by atoms with E-state index in [1.165, 1.54) is 29.7 Å². The van der Waals surface area contributed by atoms with Gasteiger partial charge in [-0.25, -0.2) is 10.4 Å². The van der Waals surface area contributed by atoms with Gasteiger partial charge in [-0.05, 0) is 30.3 Å². The fourth-order valence-electron chi connectivity index (χ4n) is 1.94. The standard InChI is InChI=1S/C17H12ClN3O2S/c18-13-6-4-11(5-7-13)17-20-14(10-24-17)9-19-21-16(23)12-2-1-3-15(22)8-12/h1-10,22H,(H,21,23)/b19-9+. The van der Waals surface area contributed by atoms with Crippen LogP contribution < -0.4 is 5.43 Å². The summed E-state index contributed by atoms with van der Waals surface area (Å²) >= 11 is 7.34. The Balaban J connectivity index is 1.65. The molecule has 0 radical (unpaired) electrons. The molecule has 0 fully saturated rings. The minimum Gasteiger partial charge on any atom is -0.508 e. The summed E-state index contributed by atoms with van der Waals surface area (Å²) in [6, 6.07) is 13.4. The number of thiazole rings is 1. The molecule has 0 aliphatic heterocycles. The quantitative estimate of drug-likeness (QED) is 0.548. The summed E-state index contributed by atoms with van der Waals surface area (Å²) in [6.45, 7) is 0.